The zero-order valence-corrected chi connectivity index (χ0v) is 26.9. The molecule has 40 heavy (non-hydrogen) atoms. The zero-order valence-electron chi connectivity index (χ0n) is 23.8. The topological polar surface area (TPSA) is 40.5 Å². The highest BCUT2D eigenvalue weighted by Crippen LogP contribution is 2.49. The van der Waals surface area contributed by atoms with E-state index in [1.165, 1.54) is 66.3 Å². The number of hydrogen-bond acceptors (Lipinski definition) is 2. The maximum Gasteiger partial charge on any atom is 0.488 e. The third kappa shape index (κ3) is 7.56. The molecule has 5 heteroatoms. The number of fused-ring (bicyclic) bond motifs is 3. The van der Waals surface area contributed by atoms with Gasteiger partial charge in [-0.05, 0) is 81.5 Å². The maximum absolute atomic E-state index is 9.13. The largest absolute Gasteiger partial charge is 0.488 e. The van der Waals surface area contributed by atoms with Crippen LogP contribution in [-0.4, -0.2) is 17.2 Å². The van der Waals surface area contributed by atoms with E-state index >= 15 is 0 Å². The fourth-order valence-electron chi connectivity index (χ4n) is 5.50. The molecule has 0 amide bonds. The molecule has 0 fully saturated rings. The van der Waals surface area contributed by atoms with Gasteiger partial charge >= 0.3 is 7.12 Å². The van der Waals surface area contributed by atoms with Gasteiger partial charge in [-0.25, -0.2) is 0 Å². The van der Waals surface area contributed by atoms with Gasteiger partial charge in [0.25, 0.3) is 0 Å². The van der Waals surface area contributed by atoms with Gasteiger partial charge in [-0.1, -0.05) is 145 Å². The molecule has 0 unspecified atom stereocenters. The van der Waals surface area contributed by atoms with Crippen LogP contribution >= 0.6 is 31.9 Å². The van der Waals surface area contributed by atoms with Crippen molar-refractivity contribution in [3.8, 4) is 22.3 Å². The molecular weight excluding hydrogens is 623 g/mol. The summed E-state index contributed by atoms with van der Waals surface area (Å²) in [5, 5.41) is 18.3. The second kappa shape index (κ2) is 14.1. The van der Waals surface area contributed by atoms with Crippen molar-refractivity contribution in [2.75, 3.05) is 0 Å². The van der Waals surface area contributed by atoms with Crippen LogP contribution in [0.4, 0.5) is 0 Å². The maximum atomic E-state index is 9.13. The minimum Gasteiger partial charge on any atom is -0.423 e. The summed E-state index contributed by atoms with van der Waals surface area (Å²) in [6.07, 6.45) is 9.14. The van der Waals surface area contributed by atoms with E-state index in [0.717, 1.165) is 26.5 Å². The van der Waals surface area contributed by atoms with Crippen molar-refractivity contribution >= 4 is 44.4 Å². The molecule has 2 nitrogen and oxygen atoms in total. The second-order valence-corrected chi connectivity index (χ2v) is 13.0. The second-order valence-electron chi connectivity index (χ2n) is 11.2. The third-order valence-corrected chi connectivity index (χ3v) is 8.90. The monoisotopic (exact) mass is 660 g/mol. The first kappa shape index (κ1) is 30.8. The van der Waals surface area contributed by atoms with Crippen LogP contribution in [0.2, 0.25) is 0 Å². The van der Waals surface area contributed by atoms with E-state index in [-0.39, 0.29) is 5.41 Å². The molecule has 0 atom stereocenters. The van der Waals surface area contributed by atoms with E-state index < -0.39 is 7.12 Å². The lowest BCUT2D eigenvalue weighted by atomic mass is 9.80. The standard InChI is InChI=1S/C20H27BO2.C15H12Br2/c1-2-3-4-5-6-7-8-17-9-11-18(12-10-17)19-13-15-20(16-14-19)21(22)23;1-15(2)13-7-9(16)3-5-11(13)12-6-4-10(17)8-14(12)15/h9-16,22-23H,2-8H2,1H3;3-8H,1-2H3. The van der Waals surface area contributed by atoms with Gasteiger partial charge in [-0.2, -0.15) is 0 Å². The SMILES string of the molecule is CC1(C)c2cc(Br)ccc2-c2ccc(Br)cc21.CCCCCCCCc1ccc(-c2ccc(B(O)O)cc2)cc1. The van der Waals surface area contributed by atoms with Gasteiger partial charge in [0.05, 0.1) is 0 Å². The van der Waals surface area contributed by atoms with Gasteiger partial charge < -0.3 is 10.0 Å². The van der Waals surface area contributed by atoms with Crippen molar-refractivity contribution in [2.24, 2.45) is 0 Å². The van der Waals surface area contributed by atoms with Crippen LogP contribution in [0.15, 0.2) is 93.9 Å². The van der Waals surface area contributed by atoms with Gasteiger partial charge in [0.2, 0.25) is 0 Å². The van der Waals surface area contributed by atoms with Crippen molar-refractivity contribution in [1.82, 2.24) is 0 Å². The zero-order chi connectivity index (χ0) is 28.7. The Morgan fingerprint density at radius 1 is 0.625 bits per heavy atom. The smallest absolute Gasteiger partial charge is 0.423 e. The van der Waals surface area contributed by atoms with E-state index in [1.54, 1.807) is 12.1 Å². The third-order valence-electron chi connectivity index (χ3n) is 7.92. The molecule has 5 rings (SSSR count). The Labute approximate surface area is 257 Å². The van der Waals surface area contributed by atoms with Gasteiger partial charge in [0.15, 0.2) is 0 Å². The lowest BCUT2D eigenvalue weighted by Crippen LogP contribution is -2.29. The highest BCUT2D eigenvalue weighted by Gasteiger charge is 2.35. The Bertz CT molecular complexity index is 1340. The van der Waals surface area contributed by atoms with E-state index in [2.05, 4.69) is 113 Å². The highest BCUT2D eigenvalue weighted by atomic mass is 79.9. The van der Waals surface area contributed by atoms with Crippen LogP contribution in [0.5, 0.6) is 0 Å². The molecule has 0 spiro atoms. The molecule has 4 aromatic rings. The number of benzene rings is 4. The van der Waals surface area contributed by atoms with Crippen molar-refractivity contribution in [2.45, 2.75) is 71.1 Å². The van der Waals surface area contributed by atoms with E-state index in [0.29, 0.717) is 5.46 Å². The summed E-state index contributed by atoms with van der Waals surface area (Å²) in [6, 6.07) is 29.2. The molecule has 0 aliphatic heterocycles. The number of unbranched alkanes of at least 4 members (excludes halogenated alkanes) is 5. The van der Waals surface area contributed by atoms with Gasteiger partial charge in [0, 0.05) is 14.4 Å². The minimum absolute atomic E-state index is 0.0816. The quantitative estimate of drug-likeness (QED) is 0.139. The first-order valence-electron chi connectivity index (χ1n) is 14.4. The van der Waals surface area contributed by atoms with Crippen LogP contribution < -0.4 is 5.46 Å². The predicted molar refractivity (Wildman–Crippen MR) is 178 cm³/mol. The van der Waals surface area contributed by atoms with E-state index in [9.17, 15) is 0 Å². The molecule has 2 N–H and O–H groups in total. The lowest BCUT2D eigenvalue weighted by Gasteiger charge is -2.21. The predicted octanol–water partition coefficient (Wildman–Crippen LogP) is 9.45. The normalized spacial score (nSPS) is 12.8. The Morgan fingerprint density at radius 2 is 1.10 bits per heavy atom. The average Bonchev–Trinajstić information content (AvgIpc) is 3.16. The molecule has 208 valence electrons. The Balaban J connectivity index is 0.000000192. The molecule has 0 heterocycles. The molecule has 1 aliphatic rings. The summed E-state index contributed by atoms with van der Waals surface area (Å²) < 4.78 is 2.30. The molecule has 0 radical (unpaired) electrons. The summed E-state index contributed by atoms with van der Waals surface area (Å²) in [5.74, 6) is 0. The number of halogens is 2. The summed E-state index contributed by atoms with van der Waals surface area (Å²) in [6.45, 7) is 6.83. The highest BCUT2D eigenvalue weighted by molar-refractivity contribution is 9.10. The molecule has 1 aliphatic carbocycles. The van der Waals surface area contributed by atoms with Crippen LogP contribution in [-0.2, 0) is 11.8 Å². The molecule has 0 bridgehead atoms. The first-order chi connectivity index (χ1) is 19.2. The van der Waals surface area contributed by atoms with E-state index in [4.69, 9.17) is 10.0 Å². The van der Waals surface area contributed by atoms with Crippen LogP contribution in [0.25, 0.3) is 22.3 Å². The number of rotatable bonds is 9. The van der Waals surface area contributed by atoms with Crippen molar-refractivity contribution in [3.63, 3.8) is 0 Å². The molecule has 0 saturated heterocycles. The van der Waals surface area contributed by atoms with Gasteiger partial charge in [0.1, 0.15) is 0 Å². The lowest BCUT2D eigenvalue weighted by molar-refractivity contribution is 0.426. The van der Waals surface area contributed by atoms with Crippen molar-refractivity contribution in [3.05, 3.63) is 111 Å². The molecule has 0 saturated carbocycles. The van der Waals surface area contributed by atoms with E-state index in [1.807, 2.05) is 12.1 Å². The fraction of sp³-hybridized carbons (Fsp3) is 0.314. The molecule has 4 aromatic carbocycles. The van der Waals surface area contributed by atoms with Crippen molar-refractivity contribution < 1.29 is 10.0 Å². The summed E-state index contributed by atoms with van der Waals surface area (Å²) in [7, 11) is -1.40. The Hall–Kier alpha value is -2.18. The van der Waals surface area contributed by atoms with Crippen molar-refractivity contribution in [1.29, 1.82) is 0 Å². The van der Waals surface area contributed by atoms with Gasteiger partial charge in [-0.15, -0.1) is 0 Å². The number of hydrogen-bond donors (Lipinski definition) is 2. The number of aryl methyl sites for hydroxylation is 1. The minimum atomic E-state index is -1.40. The molecule has 0 aromatic heterocycles. The summed E-state index contributed by atoms with van der Waals surface area (Å²) in [4.78, 5) is 0. The Morgan fingerprint density at radius 3 is 1.60 bits per heavy atom. The van der Waals surface area contributed by atoms with Crippen LogP contribution in [0, 0.1) is 0 Å². The van der Waals surface area contributed by atoms with Crippen LogP contribution in [0.3, 0.4) is 0 Å². The average molecular weight is 662 g/mol. The summed E-state index contributed by atoms with van der Waals surface area (Å²) in [5.41, 5.74) is 9.79. The first-order valence-corrected chi connectivity index (χ1v) is 15.9. The van der Waals surface area contributed by atoms with Crippen LogP contribution in [0.1, 0.15) is 76.0 Å². The van der Waals surface area contributed by atoms with Gasteiger partial charge in [-0.3, -0.25) is 0 Å². The summed E-state index contributed by atoms with van der Waals surface area (Å²) >= 11 is 7.13. The fourth-order valence-corrected chi connectivity index (χ4v) is 6.23. The Kier molecular flexibility index (Phi) is 10.9. The molecular formula is C35H39BBr2O2.